The molecule has 2 amide bonds. The highest BCUT2D eigenvalue weighted by Crippen LogP contribution is 2.24. The molecule has 0 aliphatic carbocycles. The zero-order valence-electron chi connectivity index (χ0n) is 22.5. The lowest BCUT2D eigenvalue weighted by Gasteiger charge is -2.32. The smallest absolute Gasteiger partial charge is 0.243 e. The number of benzene rings is 3. The zero-order valence-corrected chi connectivity index (χ0v) is 23.2. The van der Waals surface area contributed by atoms with E-state index in [0.717, 1.165) is 23.1 Å². The number of halogens is 1. The van der Waals surface area contributed by atoms with Gasteiger partial charge in [0.25, 0.3) is 0 Å². The third-order valence-corrected chi connectivity index (χ3v) is 6.94. The Morgan fingerprint density at radius 3 is 2.16 bits per heavy atom. The number of carbonyl (C=O) groups excluding carboxylic acids is 2. The van der Waals surface area contributed by atoms with Crippen molar-refractivity contribution in [3.8, 4) is 0 Å². The lowest BCUT2D eigenvalue weighted by Crippen LogP contribution is -2.50. The van der Waals surface area contributed by atoms with Crippen LogP contribution in [0.2, 0.25) is 5.02 Å². The van der Waals surface area contributed by atoms with E-state index in [1.807, 2.05) is 61.5 Å². The van der Waals surface area contributed by atoms with Gasteiger partial charge >= 0.3 is 0 Å². The summed E-state index contributed by atoms with van der Waals surface area (Å²) >= 11 is 6.49. The summed E-state index contributed by atoms with van der Waals surface area (Å²) in [4.78, 5) is 28.9. The summed E-state index contributed by atoms with van der Waals surface area (Å²) in [6.45, 7) is 9.43. The van der Waals surface area contributed by atoms with E-state index in [1.165, 1.54) is 5.56 Å². The van der Waals surface area contributed by atoms with Gasteiger partial charge in [0.1, 0.15) is 6.04 Å². The largest absolute Gasteiger partial charge is 0.354 e. The van der Waals surface area contributed by atoms with Crippen LogP contribution in [0.3, 0.4) is 0 Å². The van der Waals surface area contributed by atoms with Crippen LogP contribution in [0.1, 0.15) is 62.8 Å². The van der Waals surface area contributed by atoms with Crippen LogP contribution in [0.25, 0.3) is 0 Å². The van der Waals surface area contributed by atoms with Gasteiger partial charge in [0.05, 0.1) is 0 Å². The molecule has 0 spiro atoms. The fourth-order valence-corrected chi connectivity index (χ4v) is 4.49. The lowest BCUT2D eigenvalue weighted by atomic mass is 9.86. The molecule has 0 aliphatic heterocycles. The maximum Gasteiger partial charge on any atom is 0.243 e. The van der Waals surface area contributed by atoms with Crippen molar-refractivity contribution in [3.05, 3.63) is 106 Å². The molecule has 1 N–H and O–H groups in total. The molecule has 3 aromatic carbocycles. The van der Waals surface area contributed by atoms with Crippen molar-refractivity contribution in [2.45, 2.75) is 71.4 Å². The monoisotopic (exact) mass is 518 g/mol. The van der Waals surface area contributed by atoms with Crippen molar-refractivity contribution in [2.24, 2.45) is 0 Å². The Morgan fingerprint density at radius 2 is 1.54 bits per heavy atom. The molecule has 3 rings (SSSR count). The second kappa shape index (κ2) is 13.4. The number of nitrogens with zero attached hydrogens (tertiary/aromatic N) is 1. The second-order valence-electron chi connectivity index (χ2n) is 10.6. The highest BCUT2D eigenvalue weighted by Gasteiger charge is 2.30. The number of hydrogen-bond acceptors (Lipinski definition) is 2. The molecule has 0 aliphatic rings. The number of nitrogens with one attached hydrogen (secondary N) is 1. The van der Waals surface area contributed by atoms with Gasteiger partial charge in [-0.3, -0.25) is 9.59 Å². The van der Waals surface area contributed by atoms with Crippen LogP contribution in [-0.4, -0.2) is 29.3 Å². The predicted octanol–water partition coefficient (Wildman–Crippen LogP) is 6.74. The van der Waals surface area contributed by atoms with Crippen LogP contribution < -0.4 is 5.32 Å². The lowest BCUT2D eigenvalue weighted by molar-refractivity contribution is -0.141. The normalized spacial score (nSPS) is 12.1. The van der Waals surface area contributed by atoms with Crippen molar-refractivity contribution in [2.75, 3.05) is 6.54 Å². The molecule has 0 fully saturated rings. The summed E-state index contributed by atoms with van der Waals surface area (Å²) < 4.78 is 0. The fraction of sp³-hybridized carbons (Fsp3) is 0.375. The van der Waals surface area contributed by atoms with Crippen molar-refractivity contribution in [3.63, 3.8) is 0 Å². The Hall–Kier alpha value is -3.11. The zero-order chi connectivity index (χ0) is 26.8. The first-order chi connectivity index (χ1) is 17.7. The summed E-state index contributed by atoms with van der Waals surface area (Å²) in [7, 11) is 0. The van der Waals surface area contributed by atoms with E-state index in [9.17, 15) is 9.59 Å². The van der Waals surface area contributed by atoms with Crippen LogP contribution in [0.15, 0.2) is 78.9 Å². The van der Waals surface area contributed by atoms with Crippen molar-refractivity contribution in [1.29, 1.82) is 0 Å². The highest BCUT2D eigenvalue weighted by molar-refractivity contribution is 6.31. The summed E-state index contributed by atoms with van der Waals surface area (Å²) in [5.41, 5.74) is 4.28. The summed E-state index contributed by atoms with van der Waals surface area (Å²) in [6, 6.07) is 25.2. The molecule has 3 aromatic rings. The number of carbonyl (C=O) groups is 2. The molecule has 0 aromatic heterocycles. The average Bonchev–Trinajstić information content (AvgIpc) is 2.89. The maximum atomic E-state index is 13.8. The molecule has 1 atom stereocenters. The minimum Gasteiger partial charge on any atom is -0.354 e. The van der Waals surface area contributed by atoms with Gasteiger partial charge in [-0.05, 0) is 46.6 Å². The highest BCUT2D eigenvalue weighted by atomic mass is 35.5. The van der Waals surface area contributed by atoms with Gasteiger partial charge in [-0.2, -0.15) is 0 Å². The SMILES string of the molecule is CCCNC(=O)[C@H](Cc1ccccc1)N(Cc1ccccc1Cl)C(=O)CCc1ccc(C(C)(C)C)cc1. The molecule has 196 valence electrons. The van der Waals surface area contributed by atoms with Crippen LogP contribution in [-0.2, 0) is 34.4 Å². The van der Waals surface area contributed by atoms with Gasteiger partial charge in [-0.15, -0.1) is 0 Å². The van der Waals surface area contributed by atoms with Crippen molar-refractivity contribution in [1.82, 2.24) is 10.2 Å². The first kappa shape index (κ1) is 28.5. The standard InChI is InChI=1S/C32H39ClN2O2/c1-5-21-34-31(37)29(22-25-11-7-6-8-12-25)35(23-26-13-9-10-14-28(26)33)30(36)20-17-24-15-18-27(19-16-24)32(2,3)4/h6-16,18-19,29H,5,17,20-23H2,1-4H3,(H,34,37)/t29-/m0/s1. The second-order valence-corrected chi connectivity index (χ2v) is 11.0. The van der Waals surface area contributed by atoms with Crippen LogP contribution >= 0.6 is 11.6 Å². The van der Waals surface area contributed by atoms with E-state index >= 15 is 0 Å². The van der Waals surface area contributed by atoms with E-state index in [-0.39, 0.29) is 23.8 Å². The van der Waals surface area contributed by atoms with Gasteiger partial charge in [0, 0.05) is 31.0 Å². The van der Waals surface area contributed by atoms with Crippen molar-refractivity contribution >= 4 is 23.4 Å². The Balaban J connectivity index is 1.87. The third-order valence-electron chi connectivity index (χ3n) is 6.57. The van der Waals surface area contributed by atoms with Gasteiger partial charge in [-0.25, -0.2) is 0 Å². The van der Waals surface area contributed by atoms with Gasteiger partial charge in [0.15, 0.2) is 0 Å². The topological polar surface area (TPSA) is 49.4 Å². The Bertz CT molecular complexity index is 1150. The summed E-state index contributed by atoms with van der Waals surface area (Å²) in [6.07, 6.45) is 2.18. The van der Waals surface area contributed by atoms with Gasteiger partial charge in [-0.1, -0.05) is 112 Å². The number of hydrogen-bond donors (Lipinski definition) is 1. The van der Waals surface area contributed by atoms with Gasteiger partial charge in [0.2, 0.25) is 11.8 Å². The molecule has 5 heteroatoms. The molecule has 0 saturated carbocycles. The van der Waals surface area contributed by atoms with Crippen molar-refractivity contribution < 1.29 is 9.59 Å². The molecular weight excluding hydrogens is 480 g/mol. The molecule has 37 heavy (non-hydrogen) atoms. The molecule has 0 bridgehead atoms. The third kappa shape index (κ3) is 8.46. The van der Waals surface area contributed by atoms with E-state index in [0.29, 0.717) is 30.8 Å². The number of amides is 2. The Kier molecular flexibility index (Phi) is 10.3. The minimum atomic E-state index is -0.638. The first-order valence-corrected chi connectivity index (χ1v) is 13.5. The molecule has 0 radical (unpaired) electrons. The van der Waals surface area contributed by atoms with E-state index in [4.69, 9.17) is 11.6 Å². The van der Waals surface area contributed by atoms with Crippen LogP contribution in [0.4, 0.5) is 0 Å². The maximum absolute atomic E-state index is 13.8. The molecule has 0 heterocycles. The molecule has 0 unspecified atom stereocenters. The number of rotatable bonds is 11. The molecule has 0 saturated heterocycles. The quantitative estimate of drug-likeness (QED) is 0.305. The first-order valence-electron chi connectivity index (χ1n) is 13.1. The Labute approximate surface area is 227 Å². The van der Waals surface area contributed by atoms with Crippen LogP contribution in [0, 0.1) is 0 Å². The minimum absolute atomic E-state index is 0.0626. The predicted molar refractivity (Wildman–Crippen MR) is 153 cm³/mol. The van der Waals surface area contributed by atoms with Gasteiger partial charge < -0.3 is 10.2 Å². The fourth-order valence-electron chi connectivity index (χ4n) is 4.30. The number of aryl methyl sites for hydroxylation is 1. The van der Waals surface area contributed by atoms with Crippen LogP contribution in [0.5, 0.6) is 0 Å². The summed E-state index contributed by atoms with van der Waals surface area (Å²) in [5.74, 6) is -0.201. The Morgan fingerprint density at radius 1 is 0.892 bits per heavy atom. The molecular formula is C32H39ClN2O2. The average molecular weight is 519 g/mol. The summed E-state index contributed by atoms with van der Waals surface area (Å²) in [5, 5.41) is 3.61. The van der Waals surface area contributed by atoms with E-state index in [1.54, 1.807) is 4.90 Å². The van der Waals surface area contributed by atoms with E-state index < -0.39 is 6.04 Å². The van der Waals surface area contributed by atoms with E-state index in [2.05, 4.69) is 50.4 Å². The molecule has 4 nitrogen and oxygen atoms in total.